The largest absolute Gasteiger partial charge is 0.480 e. The van der Waals surface area contributed by atoms with Crippen LogP contribution in [0, 0.1) is 5.41 Å². The van der Waals surface area contributed by atoms with Gasteiger partial charge in [-0.3, -0.25) is 14.6 Å². The molecule has 142 valence electrons. The molecule has 6 nitrogen and oxygen atoms in total. The van der Waals surface area contributed by atoms with Gasteiger partial charge in [0.2, 0.25) is 0 Å². The normalized spacial score (nSPS) is 17.3. The number of rotatable bonds is 6. The first-order valence-corrected chi connectivity index (χ1v) is 8.77. The van der Waals surface area contributed by atoms with Gasteiger partial charge in [-0.2, -0.15) is 0 Å². The van der Waals surface area contributed by atoms with Crippen molar-refractivity contribution in [1.82, 2.24) is 0 Å². The van der Waals surface area contributed by atoms with Gasteiger partial charge in [0.25, 0.3) is 0 Å². The molecule has 3 N–H and O–H groups in total. The molecule has 0 saturated heterocycles. The Bertz CT molecular complexity index is 933. The van der Waals surface area contributed by atoms with E-state index in [0.29, 0.717) is 16.8 Å². The zero-order valence-corrected chi connectivity index (χ0v) is 15.1. The number of benzene rings is 2. The highest BCUT2D eigenvalue weighted by Crippen LogP contribution is 2.39. The molecule has 0 fully saturated rings. The molecule has 0 radical (unpaired) electrons. The van der Waals surface area contributed by atoms with Gasteiger partial charge in [-0.25, -0.2) is 0 Å². The topological polar surface area (TPSA) is 99.0 Å². The van der Waals surface area contributed by atoms with Crippen LogP contribution in [-0.4, -0.2) is 28.4 Å². The summed E-state index contributed by atoms with van der Waals surface area (Å²) in [6, 6.07) is 18.5. The Kier molecular flexibility index (Phi) is 5.69. The average Bonchev–Trinajstić information content (AvgIpc) is 2.72. The maximum Gasteiger partial charge on any atom is 0.321 e. The minimum Gasteiger partial charge on any atom is -0.480 e. The number of aliphatic imine (C=N–C) groups is 1. The maximum absolute atomic E-state index is 11.9. The second kappa shape index (κ2) is 8.35. The lowest BCUT2D eigenvalue weighted by atomic mass is 9.72. The third-order valence-electron chi connectivity index (χ3n) is 4.54. The Balaban J connectivity index is 1.93. The van der Waals surface area contributed by atoms with Crippen LogP contribution in [0.5, 0.6) is 0 Å². The Morgan fingerprint density at radius 1 is 0.929 bits per heavy atom. The number of hydrogen-bond acceptors (Lipinski definition) is 4. The molecule has 0 unspecified atom stereocenters. The van der Waals surface area contributed by atoms with Gasteiger partial charge in [-0.05, 0) is 35.4 Å². The summed E-state index contributed by atoms with van der Waals surface area (Å²) >= 11 is 0. The molecule has 0 atom stereocenters. The Labute approximate surface area is 162 Å². The molecular formula is C22H20N2O4. The molecule has 1 aliphatic rings. The van der Waals surface area contributed by atoms with Crippen LogP contribution in [0.3, 0.4) is 0 Å². The van der Waals surface area contributed by atoms with E-state index in [1.54, 1.807) is 12.3 Å². The quantitative estimate of drug-likeness (QED) is 0.517. The second-order valence-electron chi connectivity index (χ2n) is 6.59. The van der Waals surface area contributed by atoms with E-state index in [-0.39, 0.29) is 12.8 Å². The zero-order chi connectivity index (χ0) is 20.0. The molecule has 0 bridgehead atoms. The van der Waals surface area contributed by atoms with Crippen LogP contribution in [0.15, 0.2) is 89.1 Å². The first-order valence-electron chi connectivity index (χ1n) is 8.77. The van der Waals surface area contributed by atoms with Gasteiger partial charge in [0, 0.05) is 30.9 Å². The summed E-state index contributed by atoms with van der Waals surface area (Å²) in [6.07, 6.45) is 4.72. The summed E-state index contributed by atoms with van der Waals surface area (Å²) in [4.78, 5) is 28.1. The summed E-state index contributed by atoms with van der Waals surface area (Å²) in [5.74, 6) is -2.71. The van der Waals surface area contributed by atoms with Gasteiger partial charge in [0.1, 0.15) is 0 Å². The van der Waals surface area contributed by atoms with Gasteiger partial charge < -0.3 is 15.5 Å². The first-order chi connectivity index (χ1) is 13.5. The highest BCUT2D eigenvalue weighted by Gasteiger charge is 2.49. The first kappa shape index (κ1) is 19.1. The number of anilines is 1. The standard InChI is InChI=1S/C22H20N2O4/c25-20(26)22(21(27)28)12-16(14-23-18-7-3-1-4-8-18)11-17(13-22)15-24-19-9-5-2-6-10-19/h1-11,14-15,23H,12-13H2,(H,25,26)(H,27,28)/b16-14-,24-15?. The number of nitrogens with zero attached hydrogens (tertiary/aromatic N) is 1. The van der Waals surface area contributed by atoms with Crippen LogP contribution < -0.4 is 5.32 Å². The molecule has 0 saturated carbocycles. The summed E-state index contributed by atoms with van der Waals surface area (Å²) in [6.45, 7) is 0. The smallest absolute Gasteiger partial charge is 0.321 e. The molecule has 0 amide bonds. The van der Waals surface area contributed by atoms with Crippen molar-refractivity contribution in [2.45, 2.75) is 12.8 Å². The highest BCUT2D eigenvalue weighted by atomic mass is 16.4. The van der Waals surface area contributed by atoms with Crippen LogP contribution in [0.1, 0.15) is 12.8 Å². The third-order valence-corrected chi connectivity index (χ3v) is 4.54. The van der Waals surface area contributed by atoms with Crippen LogP contribution in [0.25, 0.3) is 0 Å². The fourth-order valence-electron chi connectivity index (χ4n) is 3.05. The minimum atomic E-state index is -1.92. The van der Waals surface area contributed by atoms with E-state index >= 15 is 0 Å². The van der Waals surface area contributed by atoms with Gasteiger partial charge in [0.05, 0.1) is 5.69 Å². The van der Waals surface area contributed by atoms with Gasteiger partial charge in [-0.15, -0.1) is 0 Å². The number of hydrogen-bond donors (Lipinski definition) is 3. The van der Waals surface area contributed by atoms with Crippen molar-refractivity contribution in [3.05, 3.63) is 84.1 Å². The lowest BCUT2D eigenvalue weighted by Crippen LogP contribution is -2.41. The van der Waals surface area contributed by atoms with Crippen molar-refractivity contribution in [2.24, 2.45) is 10.4 Å². The third kappa shape index (κ3) is 4.35. The average molecular weight is 376 g/mol. The van der Waals surface area contributed by atoms with Crippen molar-refractivity contribution in [3.8, 4) is 0 Å². The SMILES string of the molecule is O=C(O)C1(C(=O)O)CC(C=Nc2ccccc2)=C/C(=C/Nc2ccccc2)C1. The fraction of sp³-hybridized carbons (Fsp3) is 0.136. The second-order valence-corrected chi connectivity index (χ2v) is 6.59. The van der Waals surface area contributed by atoms with Crippen LogP contribution >= 0.6 is 0 Å². The molecule has 0 heterocycles. The lowest BCUT2D eigenvalue weighted by molar-refractivity contribution is -0.164. The van der Waals surface area contributed by atoms with Gasteiger partial charge in [0.15, 0.2) is 5.41 Å². The molecule has 0 spiro atoms. The maximum atomic E-state index is 11.9. The molecule has 0 aliphatic heterocycles. The predicted octanol–water partition coefficient (Wildman–Crippen LogP) is 4.26. The van der Waals surface area contributed by atoms with Crippen molar-refractivity contribution in [1.29, 1.82) is 0 Å². The summed E-state index contributed by atoms with van der Waals surface area (Å²) < 4.78 is 0. The van der Waals surface area contributed by atoms with Crippen molar-refractivity contribution >= 4 is 29.5 Å². The summed E-state index contributed by atoms with van der Waals surface area (Å²) in [7, 11) is 0. The van der Waals surface area contributed by atoms with Crippen molar-refractivity contribution in [2.75, 3.05) is 5.32 Å². The number of carboxylic acids is 2. The molecule has 2 aromatic rings. The lowest BCUT2D eigenvalue weighted by Gasteiger charge is -2.29. The van der Waals surface area contributed by atoms with Crippen LogP contribution in [0.4, 0.5) is 11.4 Å². The molecule has 3 rings (SSSR count). The monoisotopic (exact) mass is 376 g/mol. The minimum absolute atomic E-state index is 0.111. The number of aliphatic carboxylic acids is 2. The summed E-state index contributed by atoms with van der Waals surface area (Å²) in [5.41, 5.74) is 0.732. The molecular weight excluding hydrogens is 356 g/mol. The highest BCUT2D eigenvalue weighted by molar-refractivity contribution is 6.01. The van der Waals surface area contributed by atoms with Crippen LogP contribution in [-0.2, 0) is 9.59 Å². The molecule has 2 aromatic carbocycles. The van der Waals surface area contributed by atoms with Crippen LogP contribution in [0.2, 0.25) is 0 Å². The molecule has 6 heteroatoms. The molecule has 0 aromatic heterocycles. The number of para-hydroxylation sites is 2. The van der Waals surface area contributed by atoms with E-state index in [9.17, 15) is 19.8 Å². The fourth-order valence-corrected chi connectivity index (χ4v) is 3.05. The van der Waals surface area contributed by atoms with E-state index in [0.717, 1.165) is 5.69 Å². The Morgan fingerprint density at radius 2 is 1.54 bits per heavy atom. The van der Waals surface area contributed by atoms with E-state index in [4.69, 9.17) is 0 Å². The van der Waals surface area contributed by atoms with Gasteiger partial charge in [-0.1, -0.05) is 42.5 Å². The number of carbonyl (C=O) groups is 2. The Hall–Kier alpha value is -3.67. The number of carboxylic acid groups (broad SMARTS) is 2. The number of nitrogens with one attached hydrogen (secondary N) is 1. The number of allylic oxidation sites excluding steroid dienone is 3. The van der Waals surface area contributed by atoms with E-state index < -0.39 is 17.4 Å². The van der Waals surface area contributed by atoms with E-state index in [2.05, 4.69) is 10.3 Å². The van der Waals surface area contributed by atoms with E-state index in [1.165, 1.54) is 6.21 Å². The van der Waals surface area contributed by atoms with Gasteiger partial charge >= 0.3 is 11.9 Å². The zero-order valence-electron chi connectivity index (χ0n) is 15.1. The Morgan fingerprint density at radius 3 is 2.14 bits per heavy atom. The summed E-state index contributed by atoms with van der Waals surface area (Å²) in [5, 5.41) is 22.4. The van der Waals surface area contributed by atoms with E-state index in [1.807, 2.05) is 60.7 Å². The molecule has 1 aliphatic carbocycles. The van der Waals surface area contributed by atoms with Crippen molar-refractivity contribution < 1.29 is 19.8 Å². The van der Waals surface area contributed by atoms with Crippen molar-refractivity contribution in [3.63, 3.8) is 0 Å². The molecule has 28 heavy (non-hydrogen) atoms. The predicted molar refractivity (Wildman–Crippen MR) is 108 cm³/mol.